The fraction of sp³-hybridized carbons (Fsp3) is 0.300. The molecule has 1 aliphatic rings. The van der Waals surface area contributed by atoms with E-state index < -0.39 is 0 Å². The molecule has 0 aliphatic carbocycles. The number of aryl methyl sites for hydroxylation is 1. The van der Waals surface area contributed by atoms with Crippen LogP contribution in [0.25, 0.3) is 5.65 Å². The van der Waals surface area contributed by atoms with E-state index in [1.165, 1.54) is 11.1 Å². The van der Waals surface area contributed by atoms with E-state index in [0.29, 0.717) is 13.1 Å². The minimum Gasteiger partial charge on any atom is -0.355 e. The summed E-state index contributed by atoms with van der Waals surface area (Å²) in [6.45, 7) is 4.83. The first-order valence-corrected chi connectivity index (χ1v) is 8.68. The molecule has 0 fully saturated rings. The summed E-state index contributed by atoms with van der Waals surface area (Å²) in [5, 5.41) is 3.01. The lowest BCUT2D eigenvalue weighted by Crippen LogP contribution is -2.35. The number of carbonyl (C=O) groups excluding carboxylic acids is 1. The topological polar surface area (TPSA) is 49.6 Å². The van der Waals surface area contributed by atoms with Crippen LogP contribution in [0.2, 0.25) is 0 Å². The Kier molecular flexibility index (Phi) is 4.24. The van der Waals surface area contributed by atoms with Crippen molar-refractivity contribution >= 4 is 11.6 Å². The Balaban J connectivity index is 1.27. The molecule has 25 heavy (non-hydrogen) atoms. The van der Waals surface area contributed by atoms with E-state index in [-0.39, 0.29) is 5.91 Å². The summed E-state index contributed by atoms with van der Waals surface area (Å²) >= 11 is 0. The van der Waals surface area contributed by atoms with Crippen molar-refractivity contribution in [3.05, 3.63) is 71.2 Å². The molecule has 0 saturated heterocycles. The van der Waals surface area contributed by atoms with Gasteiger partial charge in [-0.05, 0) is 29.7 Å². The molecule has 0 radical (unpaired) electrons. The van der Waals surface area contributed by atoms with E-state index >= 15 is 0 Å². The number of pyridine rings is 1. The number of imidazole rings is 1. The number of fused-ring (bicyclic) bond motifs is 2. The lowest BCUT2D eigenvalue weighted by Gasteiger charge is -2.14. The summed E-state index contributed by atoms with van der Waals surface area (Å²) in [6.07, 6.45) is 4.78. The monoisotopic (exact) mass is 334 g/mol. The fourth-order valence-electron chi connectivity index (χ4n) is 3.43. The van der Waals surface area contributed by atoms with Crippen LogP contribution in [0.1, 0.15) is 22.4 Å². The third kappa shape index (κ3) is 3.42. The lowest BCUT2D eigenvalue weighted by atomic mass is 10.1. The van der Waals surface area contributed by atoms with Crippen molar-refractivity contribution in [3.8, 4) is 0 Å². The van der Waals surface area contributed by atoms with Gasteiger partial charge < -0.3 is 9.72 Å². The number of amides is 1. The molecule has 128 valence electrons. The van der Waals surface area contributed by atoms with Crippen molar-refractivity contribution in [2.24, 2.45) is 0 Å². The molecule has 3 heterocycles. The van der Waals surface area contributed by atoms with Gasteiger partial charge in [-0.1, -0.05) is 30.3 Å². The van der Waals surface area contributed by atoms with Crippen LogP contribution in [0.3, 0.4) is 0 Å². The van der Waals surface area contributed by atoms with Gasteiger partial charge in [0.1, 0.15) is 5.65 Å². The Morgan fingerprint density at radius 2 is 1.92 bits per heavy atom. The SMILES string of the molecule is Cc1cccn2cc(CCNC(=O)CN3Cc4ccccc4C3)nc12. The summed E-state index contributed by atoms with van der Waals surface area (Å²) in [5.74, 6) is 0.0766. The zero-order chi connectivity index (χ0) is 17.2. The second-order valence-electron chi connectivity index (χ2n) is 6.67. The highest BCUT2D eigenvalue weighted by Gasteiger charge is 2.20. The average molecular weight is 334 g/mol. The third-order valence-electron chi connectivity index (χ3n) is 4.70. The van der Waals surface area contributed by atoms with Crippen LogP contribution in [0.5, 0.6) is 0 Å². The van der Waals surface area contributed by atoms with Gasteiger partial charge >= 0.3 is 0 Å². The quantitative estimate of drug-likeness (QED) is 0.779. The second-order valence-corrected chi connectivity index (χ2v) is 6.67. The first-order valence-electron chi connectivity index (χ1n) is 8.68. The van der Waals surface area contributed by atoms with Gasteiger partial charge in [-0.2, -0.15) is 0 Å². The number of nitrogens with one attached hydrogen (secondary N) is 1. The summed E-state index contributed by atoms with van der Waals surface area (Å²) in [7, 11) is 0. The summed E-state index contributed by atoms with van der Waals surface area (Å²) in [4.78, 5) is 19.0. The van der Waals surface area contributed by atoms with E-state index in [4.69, 9.17) is 0 Å². The molecular formula is C20H22N4O. The van der Waals surface area contributed by atoms with E-state index in [1.807, 2.05) is 22.9 Å². The van der Waals surface area contributed by atoms with E-state index in [1.54, 1.807) is 0 Å². The zero-order valence-electron chi connectivity index (χ0n) is 14.4. The molecule has 0 atom stereocenters. The Morgan fingerprint density at radius 1 is 1.16 bits per heavy atom. The Morgan fingerprint density at radius 3 is 2.64 bits per heavy atom. The maximum atomic E-state index is 12.2. The molecule has 1 aliphatic heterocycles. The van der Waals surface area contributed by atoms with Crippen LogP contribution in [0.4, 0.5) is 0 Å². The number of carbonyl (C=O) groups is 1. The summed E-state index contributed by atoms with van der Waals surface area (Å²) < 4.78 is 2.04. The molecule has 3 aromatic rings. The summed E-state index contributed by atoms with van der Waals surface area (Å²) in [6, 6.07) is 12.5. The van der Waals surface area contributed by atoms with Gasteiger partial charge in [0.2, 0.25) is 5.91 Å². The number of hydrogen-bond donors (Lipinski definition) is 1. The highest BCUT2D eigenvalue weighted by molar-refractivity contribution is 5.78. The molecule has 0 spiro atoms. The second kappa shape index (κ2) is 6.69. The minimum absolute atomic E-state index is 0.0766. The smallest absolute Gasteiger partial charge is 0.234 e. The first kappa shape index (κ1) is 15.8. The number of aromatic nitrogens is 2. The number of rotatable bonds is 5. The highest BCUT2D eigenvalue weighted by Crippen LogP contribution is 2.21. The average Bonchev–Trinajstić information content (AvgIpc) is 3.18. The molecule has 5 heteroatoms. The lowest BCUT2D eigenvalue weighted by molar-refractivity contribution is -0.122. The maximum Gasteiger partial charge on any atom is 0.234 e. The van der Waals surface area contributed by atoms with Crippen molar-refractivity contribution < 1.29 is 4.79 Å². The van der Waals surface area contributed by atoms with Gasteiger partial charge in [0.05, 0.1) is 12.2 Å². The Bertz CT molecular complexity index is 890. The normalized spacial score (nSPS) is 14.0. The largest absolute Gasteiger partial charge is 0.355 e. The molecule has 2 aromatic heterocycles. The van der Waals surface area contributed by atoms with Crippen LogP contribution in [0, 0.1) is 6.92 Å². The van der Waals surface area contributed by atoms with Crippen molar-refractivity contribution in [2.75, 3.05) is 13.1 Å². The predicted molar refractivity (Wildman–Crippen MR) is 97.2 cm³/mol. The van der Waals surface area contributed by atoms with Crippen molar-refractivity contribution in [2.45, 2.75) is 26.4 Å². The Labute approximate surface area is 147 Å². The van der Waals surface area contributed by atoms with Gasteiger partial charge in [0.15, 0.2) is 0 Å². The molecule has 0 unspecified atom stereocenters. The van der Waals surface area contributed by atoms with Crippen LogP contribution in [-0.2, 0) is 24.3 Å². The minimum atomic E-state index is 0.0766. The molecule has 4 rings (SSSR count). The van der Waals surface area contributed by atoms with Gasteiger partial charge in [-0.25, -0.2) is 4.98 Å². The van der Waals surface area contributed by atoms with Crippen molar-refractivity contribution in [1.82, 2.24) is 19.6 Å². The van der Waals surface area contributed by atoms with Crippen molar-refractivity contribution in [3.63, 3.8) is 0 Å². The predicted octanol–water partition coefficient (Wildman–Crippen LogP) is 2.32. The number of hydrogen-bond acceptors (Lipinski definition) is 3. The van der Waals surface area contributed by atoms with Crippen LogP contribution in [-0.4, -0.2) is 33.3 Å². The molecule has 1 amide bonds. The number of nitrogens with zero attached hydrogens (tertiary/aromatic N) is 3. The van der Waals surface area contributed by atoms with Crippen molar-refractivity contribution in [1.29, 1.82) is 0 Å². The first-order chi connectivity index (χ1) is 12.2. The Hall–Kier alpha value is -2.66. The van der Waals surface area contributed by atoms with Gasteiger partial charge in [0, 0.05) is 38.4 Å². The van der Waals surface area contributed by atoms with E-state index in [2.05, 4.69) is 52.5 Å². The third-order valence-corrected chi connectivity index (χ3v) is 4.70. The standard InChI is InChI=1S/C20H22N4O/c1-15-5-4-10-24-13-18(22-20(15)24)8-9-21-19(25)14-23-11-16-6-2-3-7-17(16)12-23/h2-7,10,13H,8-9,11-12,14H2,1H3,(H,21,25). The van der Waals surface area contributed by atoms with E-state index in [0.717, 1.165) is 36.4 Å². The van der Waals surface area contributed by atoms with E-state index in [9.17, 15) is 4.79 Å². The highest BCUT2D eigenvalue weighted by atomic mass is 16.2. The molecule has 1 aromatic carbocycles. The van der Waals surface area contributed by atoms with Gasteiger partial charge in [-0.3, -0.25) is 9.69 Å². The van der Waals surface area contributed by atoms with Gasteiger partial charge in [0.25, 0.3) is 0 Å². The molecule has 0 saturated carbocycles. The molecule has 5 nitrogen and oxygen atoms in total. The molecule has 0 bridgehead atoms. The zero-order valence-corrected chi connectivity index (χ0v) is 14.4. The van der Waals surface area contributed by atoms with Crippen LogP contribution in [0.15, 0.2) is 48.8 Å². The molecule has 1 N–H and O–H groups in total. The number of benzene rings is 1. The fourth-order valence-corrected chi connectivity index (χ4v) is 3.43. The molecular weight excluding hydrogens is 312 g/mol. The van der Waals surface area contributed by atoms with Gasteiger partial charge in [-0.15, -0.1) is 0 Å². The van der Waals surface area contributed by atoms with Crippen LogP contribution < -0.4 is 5.32 Å². The summed E-state index contributed by atoms with van der Waals surface area (Å²) in [5.41, 5.74) is 5.80. The maximum absolute atomic E-state index is 12.2. The van der Waals surface area contributed by atoms with Crippen LogP contribution >= 0.6 is 0 Å².